The summed E-state index contributed by atoms with van der Waals surface area (Å²) in [5, 5.41) is 9.74. The van der Waals surface area contributed by atoms with E-state index < -0.39 is 71.8 Å². The highest BCUT2D eigenvalue weighted by molar-refractivity contribution is 5.93. The third kappa shape index (κ3) is 14.3. The second-order valence-corrected chi connectivity index (χ2v) is 11.4. The van der Waals surface area contributed by atoms with Gasteiger partial charge in [-0.15, -0.1) is 0 Å². The predicted octanol–water partition coefficient (Wildman–Crippen LogP) is 1.73. The average Bonchev–Trinajstić information content (AvgIpc) is 2.84. The van der Waals surface area contributed by atoms with Crippen LogP contribution in [0, 0.1) is 0 Å². The lowest BCUT2D eigenvalue weighted by atomic mass is 10.0. The molecule has 14 heteroatoms. The first kappa shape index (κ1) is 35.7. The summed E-state index contributed by atoms with van der Waals surface area (Å²) in [4.78, 5) is 73.4. The summed E-state index contributed by atoms with van der Waals surface area (Å²) in [7, 11) is 1.18. The molecule has 14 nitrogen and oxygen atoms in total. The Kier molecular flexibility index (Phi) is 13.2. The first-order valence-corrected chi connectivity index (χ1v) is 13.2. The summed E-state index contributed by atoms with van der Waals surface area (Å²) in [6, 6.07) is 3.05. The summed E-state index contributed by atoms with van der Waals surface area (Å²) in [6.07, 6.45) is -1.72. The molecule has 1 rings (SSSR count). The van der Waals surface area contributed by atoms with Gasteiger partial charge in [-0.1, -0.05) is 12.1 Å². The normalized spacial score (nSPS) is 13.4. The Morgan fingerprint density at radius 3 is 1.86 bits per heavy atom. The van der Waals surface area contributed by atoms with Gasteiger partial charge < -0.3 is 40.2 Å². The fourth-order valence-corrected chi connectivity index (χ4v) is 3.18. The van der Waals surface area contributed by atoms with Crippen molar-refractivity contribution >= 4 is 35.9 Å². The van der Waals surface area contributed by atoms with Crippen molar-refractivity contribution in [1.29, 1.82) is 0 Å². The maximum absolute atomic E-state index is 13.1. The number of alkyl carbamates (subject to hydrolysis) is 1. The average molecular weight is 595 g/mol. The molecule has 4 amide bonds. The van der Waals surface area contributed by atoms with Crippen molar-refractivity contribution < 1.29 is 47.7 Å². The minimum Gasteiger partial charge on any atom is -0.467 e. The van der Waals surface area contributed by atoms with E-state index in [2.05, 4.69) is 26.0 Å². The van der Waals surface area contributed by atoms with Crippen molar-refractivity contribution in [2.45, 2.75) is 91.1 Å². The van der Waals surface area contributed by atoms with E-state index in [9.17, 15) is 28.8 Å². The highest BCUT2D eigenvalue weighted by atomic mass is 16.7. The zero-order valence-electron chi connectivity index (χ0n) is 25.5. The van der Waals surface area contributed by atoms with Crippen LogP contribution in [-0.4, -0.2) is 78.9 Å². The lowest BCUT2D eigenvalue weighted by Gasteiger charge is -2.24. The minimum atomic E-state index is -1.16. The Morgan fingerprint density at radius 2 is 1.33 bits per heavy atom. The molecule has 0 saturated heterocycles. The third-order valence-corrected chi connectivity index (χ3v) is 5.07. The van der Waals surface area contributed by atoms with E-state index in [1.807, 2.05) is 0 Å². The van der Waals surface area contributed by atoms with Crippen LogP contribution in [-0.2, 0) is 39.8 Å². The highest BCUT2D eigenvalue weighted by Crippen LogP contribution is 2.17. The molecular formula is C28H42N4O10. The van der Waals surface area contributed by atoms with Crippen molar-refractivity contribution in [3.8, 4) is 5.75 Å². The van der Waals surface area contributed by atoms with Crippen LogP contribution in [0.1, 0.15) is 61.0 Å². The van der Waals surface area contributed by atoms with E-state index in [-0.39, 0.29) is 12.2 Å². The largest absolute Gasteiger partial charge is 0.514 e. The third-order valence-electron chi connectivity index (χ3n) is 5.07. The van der Waals surface area contributed by atoms with Crippen LogP contribution in [0.25, 0.3) is 0 Å². The van der Waals surface area contributed by atoms with Gasteiger partial charge in [-0.3, -0.25) is 14.4 Å². The molecule has 3 atom stereocenters. The summed E-state index contributed by atoms with van der Waals surface area (Å²) < 4.78 is 20.1. The fourth-order valence-electron chi connectivity index (χ4n) is 3.18. The molecule has 1 aromatic rings. The number of ether oxygens (including phenoxy) is 4. The summed E-state index contributed by atoms with van der Waals surface area (Å²) >= 11 is 0. The Hall–Kier alpha value is -4.36. The molecule has 0 aliphatic rings. The van der Waals surface area contributed by atoms with Gasteiger partial charge in [0, 0.05) is 6.42 Å². The van der Waals surface area contributed by atoms with Crippen molar-refractivity contribution in [2.24, 2.45) is 0 Å². The van der Waals surface area contributed by atoms with E-state index >= 15 is 0 Å². The van der Waals surface area contributed by atoms with Crippen LogP contribution in [0.2, 0.25) is 0 Å². The van der Waals surface area contributed by atoms with Crippen LogP contribution >= 0.6 is 0 Å². The van der Waals surface area contributed by atoms with Gasteiger partial charge in [-0.2, -0.15) is 0 Å². The van der Waals surface area contributed by atoms with Gasteiger partial charge in [0.15, 0.2) is 0 Å². The lowest BCUT2D eigenvalue weighted by molar-refractivity contribution is -0.144. The number of nitrogens with one attached hydrogen (secondary N) is 4. The number of hydrogen-bond donors (Lipinski definition) is 4. The number of carbonyl (C=O) groups excluding carboxylic acids is 6. The lowest BCUT2D eigenvalue weighted by Crippen LogP contribution is -2.54. The number of rotatable bonds is 11. The van der Waals surface area contributed by atoms with Crippen molar-refractivity contribution in [2.75, 3.05) is 13.7 Å². The molecule has 0 aliphatic carbocycles. The first-order valence-electron chi connectivity index (χ1n) is 13.2. The first-order chi connectivity index (χ1) is 19.3. The molecule has 0 spiro atoms. The molecule has 1 aromatic carbocycles. The fraction of sp³-hybridized carbons (Fsp3) is 0.571. The number of carbonyl (C=O) groups is 6. The minimum absolute atomic E-state index is 0.0000443. The molecule has 0 fully saturated rings. The number of methoxy groups -OCH3 is 1. The molecule has 42 heavy (non-hydrogen) atoms. The number of amides is 4. The Bertz CT molecular complexity index is 1120. The quantitative estimate of drug-likeness (QED) is 0.167. The van der Waals surface area contributed by atoms with E-state index in [0.29, 0.717) is 5.56 Å². The summed E-state index contributed by atoms with van der Waals surface area (Å²) in [6.45, 7) is 12.5. The molecule has 0 radical (unpaired) electrons. The van der Waals surface area contributed by atoms with Crippen molar-refractivity contribution in [1.82, 2.24) is 21.3 Å². The molecule has 0 heterocycles. The molecule has 4 N–H and O–H groups in total. The smallest absolute Gasteiger partial charge is 0.467 e. The zero-order valence-corrected chi connectivity index (χ0v) is 25.5. The standard InChI is InChI=1S/C28H42N4O10/c1-16(22(34)29-15-21(33)30-17(2)24(36)39-9)31-23(35)20(32-25(37)41-27(3,4)5)14-18-10-12-19(13-11-18)40-26(38)42-28(6,7)8/h10-13,16-17,20H,14-15H2,1-9H3,(H,29,34)(H,30,33)(H,31,35)(H,32,37). The van der Waals surface area contributed by atoms with Gasteiger partial charge in [-0.25, -0.2) is 14.4 Å². The Labute approximate surface area is 245 Å². The zero-order chi connectivity index (χ0) is 32.3. The van der Waals surface area contributed by atoms with Gasteiger partial charge in [-0.05, 0) is 73.1 Å². The second kappa shape index (κ2) is 15.6. The van der Waals surface area contributed by atoms with Gasteiger partial charge in [0.1, 0.15) is 35.1 Å². The Morgan fingerprint density at radius 1 is 0.762 bits per heavy atom. The van der Waals surface area contributed by atoms with E-state index in [0.717, 1.165) is 0 Å². The van der Waals surface area contributed by atoms with Crippen LogP contribution < -0.4 is 26.0 Å². The Balaban J connectivity index is 2.88. The van der Waals surface area contributed by atoms with Gasteiger partial charge in [0.25, 0.3) is 0 Å². The second-order valence-electron chi connectivity index (χ2n) is 11.4. The van der Waals surface area contributed by atoms with Gasteiger partial charge >= 0.3 is 18.2 Å². The number of benzene rings is 1. The molecule has 0 bridgehead atoms. The van der Waals surface area contributed by atoms with E-state index in [4.69, 9.17) is 14.2 Å². The molecule has 0 saturated carbocycles. The molecule has 0 aromatic heterocycles. The van der Waals surface area contributed by atoms with Crippen molar-refractivity contribution in [3.05, 3.63) is 29.8 Å². The summed E-state index contributed by atoms with van der Waals surface area (Å²) in [5.74, 6) is -2.44. The van der Waals surface area contributed by atoms with Gasteiger partial charge in [0.05, 0.1) is 13.7 Å². The van der Waals surface area contributed by atoms with Gasteiger partial charge in [0.2, 0.25) is 17.7 Å². The van der Waals surface area contributed by atoms with Crippen LogP contribution in [0.3, 0.4) is 0 Å². The predicted molar refractivity (Wildman–Crippen MR) is 150 cm³/mol. The maximum atomic E-state index is 13.1. The van der Waals surface area contributed by atoms with E-state index in [1.54, 1.807) is 53.7 Å². The monoisotopic (exact) mass is 594 g/mol. The van der Waals surface area contributed by atoms with E-state index in [1.165, 1.54) is 33.1 Å². The van der Waals surface area contributed by atoms with Crippen LogP contribution in [0.4, 0.5) is 9.59 Å². The number of esters is 1. The summed E-state index contributed by atoms with van der Waals surface area (Å²) in [5.41, 5.74) is -0.962. The molecule has 0 aliphatic heterocycles. The molecular weight excluding hydrogens is 552 g/mol. The van der Waals surface area contributed by atoms with Crippen LogP contribution in [0.15, 0.2) is 24.3 Å². The van der Waals surface area contributed by atoms with Crippen LogP contribution in [0.5, 0.6) is 5.75 Å². The SMILES string of the molecule is COC(=O)C(C)NC(=O)CNC(=O)C(C)NC(=O)C(Cc1ccc(OC(=O)OC(C)(C)C)cc1)NC(=O)OC(C)(C)C. The number of hydrogen-bond acceptors (Lipinski definition) is 10. The molecule has 234 valence electrons. The molecule has 3 unspecified atom stereocenters. The topological polar surface area (TPSA) is 187 Å². The maximum Gasteiger partial charge on any atom is 0.514 e. The van der Waals surface area contributed by atoms with Crippen molar-refractivity contribution in [3.63, 3.8) is 0 Å². The highest BCUT2D eigenvalue weighted by Gasteiger charge is 2.28.